The zero-order valence-electron chi connectivity index (χ0n) is 12.0. The number of fused-ring (bicyclic) bond motifs is 1. The van der Waals surface area contributed by atoms with Gasteiger partial charge in [-0.1, -0.05) is 6.92 Å². The Balaban J connectivity index is 2.83. The average Bonchev–Trinajstić information content (AvgIpc) is 2.35. The minimum Gasteiger partial charge on any atom is -0.384 e. The second-order valence-electron chi connectivity index (χ2n) is 5.03. The summed E-state index contributed by atoms with van der Waals surface area (Å²) in [5.74, 6) is -0.741. The Morgan fingerprint density at radius 1 is 1.19 bits per heavy atom. The summed E-state index contributed by atoms with van der Waals surface area (Å²) in [4.78, 5) is 3.52. The van der Waals surface area contributed by atoms with Crippen molar-refractivity contribution < 1.29 is 17.6 Å². The fourth-order valence-corrected chi connectivity index (χ4v) is 2.31. The molecule has 0 unspecified atom stereocenters. The van der Waals surface area contributed by atoms with Crippen LogP contribution in [0.1, 0.15) is 30.2 Å². The molecule has 1 aromatic heterocycles. The van der Waals surface area contributed by atoms with Gasteiger partial charge in [-0.25, -0.2) is 9.37 Å². The number of halogens is 4. The van der Waals surface area contributed by atoms with E-state index in [1.807, 2.05) is 6.92 Å². The Hall–Kier alpha value is -1.85. The second kappa shape index (κ2) is 5.50. The molecule has 2 aromatic rings. The minimum absolute atomic E-state index is 0.00606. The number of pyridine rings is 1. The van der Waals surface area contributed by atoms with Gasteiger partial charge in [-0.3, -0.25) is 0 Å². The van der Waals surface area contributed by atoms with Crippen molar-refractivity contribution >= 4 is 16.6 Å². The first kappa shape index (κ1) is 15.5. The van der Waals surface area contributed by atoms with E-state index in [2.05, 4.69) is 10.3 Å². The first-order valence-electron chi connectivity index (χ1n) is 6.67. The fourth-order valence-electron chi connectivity index (χ4n) is 2.31. The first-order chi connectivity index (χ1) is 9.75. The number of benzene rings is 1. The van der Waals surface area contributed by atoms with Crippen molar-refractivity contribution in [1.82, 2.24) is 4.98 Å². The van der Waals surface area contributed by atoms with E-state index in [1.165, 1.54) is 13.0 Å². The lowest BCUT2D eigenvalue weighted by Crippen LogP contribution is -2.14. The maximum atomic E-state index is 14.0. The van der Waals surface area contributed by atoms with Crippen LogP contribution in [0.5, 0.6) is 0 Å². The molecule has 0 atom stereocenters. The molecule has 0 spiro atoms. The van der Waals surface area contributed by atoms with Crippen molar-refractivity contribution in [2.75, 3.05) is 11.9 Å². The van der Waals surface area contributed by atoms with Crippen molar-refractivity contribution in [2.45, 2.75) is 33.4 Å². The predicted molar refractivity (Wildman–Crippen MR) is 75.0 cm³/mol. The third-order valence-corrected chi connectivity index (χ3v) is 3.25. The van der Waals surface area contributed by atoms with E-state index in [-0.39, 0.29) is 11.1 Å². The SMILES string of the molecule is CCCNc1c(C)c(C(F)(F)F)nc2c(F)cc(C)cc12. The van der Waals surface area contributed by atoms with Gasteiger partial charge >= 0.3 is 6.18 Å². The van der Waals surface area contributed by atoms with Gasteiger partial charge in [0.25, 0.3) is 0 Å². The average molecular weight is 300 g/mol. The number of alkyl halides is 3. The molecule has 0 aliphatic rings. The van der Waals surface area contributed by atoms with Crippen LogP contribution in [0.4, 0.5) is 23.2 Å². The summed E-state index contributed by atoms with van der Waals surface area (Å²) in [6, 6.07) is 2.84. The van der Waals surface area contributed by atoms with Crippen molar-refractivity contribution in [3.63, 3.8) is 0 Å². The van der Waals surface area contributed by atoms with Crippen LogP contribution < -0.4 is 5.32 Å². The van der Waals surface area contributed by atoms with Crippen LogP contribution in [-0.2, 0) is 6.18 Å². The monoisotopic (exact) mass is 300 g/mol. The quantitative estimate of drug-likeness (QED) is 0.821. The zero-order chi connectivity index (χ0) is 15.8. The first-order valence-corrected chi connectivity index (χ1v) is 6.67. The molecule has 114 valence electrons. The molecular weight excluding hydrogens is 284 g/mol. The van der Waals surface area contributed by atoms with Gasteiger partial charge in [0.15, 0.2) is 0 Å². The van der Waals surface area contributed by atoms with Crippen LogP contribution in [0.15, 0.2) is 12.1 Å². The number of aryl methyl sites for hydroxylation is 1. The highest BCUT2D eigenvalue weighted by Gasteiger charge is 2.36. The summed E-state index contributed by atoms with van der Waals surface area (Å²) in [7, 11) is 0. The van der Waals surface area contributed by atoms with Gasteiger partial charge in [-0.2, -0.15) is 13.2 Å². The van der Waals surface area contributed by atoms with E-state index in [9.17, 15) is 17.6 Å². The highest BCUT2D eigenvalue weighted by atomic mass is 19.4. The maximum Gasteiger partial charge on any atom is 0.433 e. The Labute approximate surface area is 120 Å². The largest absolute Gasteiger partial charge is 0.433 e. The van der Waals surface area contributed by atoms with Crippen molar-refractivity contribution in [2.24, 2.45) is 0 Å². The molecule has 0 radical (unpaired) electrons. The normalized spacial score (nSPS) is 12.0. The van der Waals surface area contributed by atoms with E-state index in [4.69, 9.17) is 0 Å². The van der Waals surface area contributed by atoms with Crippen LogP contribution in [0.25, 0.3) is 10.9 Å². The number of hydrogen-bond acceptors (Lipinski definition) is 2. The summed E-state index contributed by atoms with van der Waals surface area (Å²) < 4.78 is 53.2. The van der Waals surface area contributed by atoms with E-state index < -0.39 is 17.7 Å². The van der Waals surface area contributed by atoms with Crippen molar-refractivity contribution in [3.8, 4) is 0 Å². The highest BCUT2D eigenvalue weighted by molar-refractivity contribution is 5.94. The molecular formula is C15H16F4N2. The summed E-state index contributed by atoms with van der Waals surface area (Å²) in [5.41, 5.74) is -0.362. The van der Waals surface area contributed by atoms with E-state index in [0.29, 0.717) is 23.2 Å². The molecule has 0 fully saturated rings. The molecule has 6 heteroatoms. The topological polar surface area (TPSA) is 24.9 Å². The Morgan fingerprint density at radius 3 is 2.43 bits per heavy atom. The van der Waals surface area contributed by atoms with E-state index in [1.54, 1.807) is 13.0 Å². The Kier molecular flexibility index (Phi) is 4.07. The smallest absolute Gasteiger partial charge is 0.384 e. The van der Waals surface area contributed by atoms with Crippen molar-refractivity contribution in [1.29, 1.82) is 0 Å². The number of rotatable bonds is 3. The van der Waals surface area contributed by atoms with Crippen LogP contribution in [0.2, 0.25) is 0 Å². The van der Waals surface area contributed by atoms with Crippen LogP contribution in [0, 0.1) is 19.7 Å². The third kappa shape index (κ3) is 2.94. The molecule has 2 rings (SSSR count). The molecule has 0 saturated heterocycles. The Bertz CT molecular complexity index is 678. The van der Waals surface area contributed by atoms with Gasteiger partial charge in [-0.15, -0.1) is 0 Å². The second-order valence-corrected chi connectivity index (χ2v) is 5.03. The molecule has 1 aromatic carbocycles. The fraction of sp³-hybridized carbons (Fsp3) is 0.400. The molecule has 0 saturated carbocycles. The van der Waals surface area contributed by atoms with Gasteiger partial charge < -0.3 is 5.32 Å². The summed E-state index contributed by atoms with van der Waals surface area (Å²) in [5, 5.41) is 3.35. The Morgan fingerprint density at radius 2 is 1.86 bits per heavy atom. The zero-order valence-corrected chi connectivity index (χ0v) is 12.0. The number of nitrogens with zero attached hydrogens (tertiary/aromatic N) is 1. The molecule has 0 aliphatic heterocycles. The number of aromatic nitrogens is 1. The summed E-state index contributed by atoms with van der Waals surface area (Å²) >= 11 is 0. The molecule has 1 heterocycles. The highest BCUT2D eigenvalue weighted by Crippen LogP contribution is 2.38. The molecule has 0 bridgehead atoms. The van der Waals surface area contributed by atoms with E-state index >= 15 is 0 Å². The van der Waals surface area contributed by atoms with Crippen molar-refractivity contribution in [3.05, 3.63) is 34.8 Å². The van der Waals surface area contributed by atoms with Crippen LogP contribution in [-0.4, -0.2) is 11.5 Å². The van der Waals surface area contributed by atoms with Crippen LogP contribution in [0.3, 0.4) is 0 Å². The van der Waals surface area contributed by atoms with Crippen LogP contribution >= 0.6 is 0 Å². The minimum atomic E-state index is -4.61. The third-order valence-electron chi connectivity index (χ3n) is 3.25. The lowest BCUT2D eigenvalue weighted by atomic mass is 10.0. The lowest BCUT2D eigenvalue weighted by molar-refractivity contribution is -0.141. The number of hydrogen-bond donors (Lipinski definition) is 1. The molecule has 1 N–H and O–H groups in total. The van der Waals surface area contributed by atoms with Gasteiger partial charge in [0.2, 0.25) is 0 Å². The number of nitrogens with one attached hydrogen (secondary N) is 1. The maximum absolute atomic E-state index is 14.0. The van der Waals surface area contributed by atoms with Gasteiger partial charge in [0.05, 0.1) is 0 Å². The van der Waals surface area contributed by atoms with Gasteiger partial charge in [-0.05, 0) is 38.0 Å². The molecule has 2 nitrogen and oxygen atoms in total. The molecule has 21 heavy (non-hydrogen) atoms. The van der Waals surface area contributed by atoms with E-state index in [0.717, 1.165) is 6.42 Å². The lowest BCUT2D eigenvalue weighted by Gasteiger charge is -2.18. The summed E-state index contributed by atoms with van der Waals surface area (Å²) in [6.45, 7) is 5.46. The summed E-state index contributed by atoms with van der Waals surface area (Å²) in [6.07, 6.45) is -3.86. The molecule has 0 amide bonds. The number of anilines is 1. The standard InChI is InChI=1S/C15H16F4N2/c1-4-5-20-12-9(3)14(15(17,18)19)21-13-10(12)6-8(2)7-11(13)16/h6-7H,4-5H2,1-3H3,(H,20,21). The van der Waals surface area contributed by atoms with Gasteiger partial charge in [0, 0.05) is 23.2 Å². The van der Waals surface area contributed by atoms with Gasteiger partial charge in [0.1, 0.15) is 17.0 Å². The predicted octanol–water partition coefficient (Wildman–Crippen LogP) is 4.83. The molecule has 0 aliphatic carbocycles.